The predicted molar refractivity (Wildman–Crippen MR) is 88.5 cm³/mol. The summed E-state index contributed by atoms with van der Waals surface area (Å²) in [4.78, 5) is 25.5. The van der Waals surface area contributed by atoms with Crippen LogP contribution in [0.3, 0.4) is 0 Å². The van der Waals surface area contributed by atoms with Crippen molar-refractivity contribution in [2.24, 2.45) is 5.92 Å². The molecule has 4 atom stereocenters. The zero-order valence-corrected chi connectivity index (χ0v) is 13.7. The molecule has 2 heterocycles. The highest BCUT2D eigenvalue weighted by Crippen LogP contribution is 2.36. The van der Waals surface area contributed by atoms with Gasteiger partial charge in [-0.05, 0) is 24.1 Å². The zero-order chi connectivity index (χ0) is 18.0. The van der Waals surface area contributed by atoms with Crippen molar-refractivity contribution in [3.63, 3.8) is 0 Å². The molecule has 134 valence electrons. The van der Waals surface area contributed by atoms with Crippen LogP contribution in [0, 0.1) is 5.92 Å². The molecule has 1 aromatic carbocycles. The Hall–Kier alpha value is -2.42. The van der Waals surface area contributed by atoms with Gasteiger partial charge in [-0.2, -0.15) is 0 Å². The van der Waals surface area contributed by atoms with E-state index >= 15 is 0 Å². The Morgan fingerprint density at radius 3 is 2.56 bits per heavy atom. The van der Waals surface area contributed by atoms with Crippen LogP contribution in [0.1, 0.15) is 11.8 Å². The van der Waals surface area contributed by atoms with E-state index in [2.05, 4.69) is 4.98 Å². The van der Waals surface area contributed by atoms with Crippen molar-refractivity contribution in [3.05, 3.63) is 62.9 Å². The van der Waals surface area contributed by atoms with Crippen molar-refractivity contribution in [1.29, 1.82) is 0 Å². The van der Waals surface area contributed by atoms with Crippen LogP contribution in [0.15, 0.2) is 46.1 Å². The Bertz CT molecular complexity index is 828. The number of aliphatic hydroxyl groups is 2. The predicted octanol–water partition coefficient (Wildman–Crippen LogP) is -0.345. The number of aromatic amines is 1. The van der Waals surface area contributed by atoms with Crippen molar-refractivity contribution < 1.29 is 19.7 Å². The second-order valence-electron chi connectivity index (χ2n) is 5.97. The molecule has 1 fully saturated rings. The van der Waals surface area contributed by atoms with Gasteiger partial charge in [-0.15, -0.1) is 0 Å². The van der Waals surface area contributed by atoms with Crippen LogP contribution < -0.4 is 16.0 Å². The van der Waals surface area contributed by atoms with Gasteiger partial charge in [-0.1, -0.05) is 12.1 Å². The number of nitrogens with zero attached hydrogens (tertiary/aromatic N) is 1. The van der Waals surface area contributed by atoms with Gasteiger partial charge in [-0.3, -0.25) is 14.3 Å². The topological polar surface area (TPSA) is 114 Å². The van der Waals surface area contributed by atoms with Gasteiger partial charge in [0.15, 0.2) is 0 Å². The average Bonchev–Trinajstić information content (AvgIpc) is 2.92. The maximum atomic E-state index is 12.1. The fourth-order valence-corrected chi connectivity index (χ4v) is 3.11. The van der Waals surface area contributed by atoms with E-state index in [4.69, 9.17) is 9.47 Å². The summed E-state index contributed by atoms with van der Waals surface area (Å²) in [7, 11) is 1.58. The summed E-state index contributed by atoms with van der Waals surface area (Å²) in [5.74, 6) is 0.253. The Labute approximate surface area is 143 Å². The van der Waals surface area contributed by atoms with Gasteiger partial charge in [0.2, 0.25) is 0 Å². The summed E-state index contributed by atoms with van der Waals surface area (Å²) >= 11 is 0. The number of aliphatic hydroxyl groups excluding tert-OH is 2. The molecule has 0 radical (unpaired) electrons. The maximum Gasteiger partial charge on any atom is 0.330 e. The number of aromatic nitrogens is 2. The molecule has 3 N–H and O–H groups in total. The molecule has 1 unspecified atom stereocenters. The first-order valence-corrected chi connectivity index (χ1v) is 7.92. The van der Waals surface area contributed by atoms with Gasteiger partial charge in [-0.25, -0.2) is 4.79 Å². The number of hydrogen-bond donors (Lipinski definition) is 3. The smallest absolute Gasteiger partial charge is 0.330 e. The molecule has 1 aromatic heterocycles. The summed E-state index contributed by atoms with van der Waals surface area (Å²) in [6, 6.07) is 8.56. The number of nitrogens with one attached hydrogen (secondary N) is 1. The minimum absolute atomic E-state index is 0.366. The number of benzene rings is 1. The van der Waals surface area contributed by atoms with Crippen LogP contribution in [0.2, 0.25) is 0 Å². The lowest BCUT2D eigenvalue weighted by molar-refractivity contribution is -0.0481. The molecule has 8 nitrogen and oxygen atoms in total. The van der Waals surface area contributed by atoms with E-state index in [0.29, 0.717) is 12.2 Å². The van der Waals surface area contributed by atoms with E-state index in [0.717, 1.165) is 5.56 Å². The van der Waals surface area contributed by atoms with E-state index < -0.39 is 35.6 Å². The van der Waals surface area contributed by atoms with Crippen LogP contribution in [-0.4, -0.2) is 45.7 Å². The van der Waals surface area contributed by atoms with Crippen molar-refractivity contribution >= 4 is 0 Å². The highest BCUT2D eigenvalue weighted by molar-refractivity contribution is 5.27. The van der Waals surface area contributed by atoms with Gasteiger partial charge in [0.25, 0.3) is 5.56 Å². The first-order valence-electron chi connectivity index (χ1n) is 7.92. The van der Waals surface area contributed by atoms with Gasteiger partial charge in [0.05, 0.1) is 19.8 Å². The van der Waals surface area contributed by atoms with Crippen molar-refractivity contribution in [3.8, 4) is 5.75 Å². The summed E-state index contributed by atoms with van der Waals surface area (Å²) in [6.45, 7) is -0.366. The van der Waals surface area contributed by atoms with Crippen LogP contribution in [-0.2, 0) is 11.2 Å². The van der Waals surface area contributed by atoms with E-state index in [1.165, 1.54) is 16.8 Å². The van der Waals surface area contributed by atoms with Gasteiger partial charge >= 0.3 is 5.69 Å². The second kappa shape index (κ2) is 7.22. The quantitative estimate of drug-likeness (QED) is 0.681. The standard InChI is InChI=1S/C17H20N2O6/c1-24-11-4-2-10(3-5-11)8-12-15(22)13(9-20)25-16(12)19-7-6-14(21)18-17(19)23/h2-7,12-13,15-16,20,22H,8-9H2,1H3,(H,18,21,23)/t12?,13-,15+,16-/m1/s1. The van der Waals surface area contributed by atoms with Gasteiger partial charge in [0.1, 0.15) is 18.1 Å². The van der Waals surface area contributed by atoms with E-state index in [1.54, 1.807) is 7.11 Å². The van der Waals surface area contributed by atoms with Crippen molar-refractivity contribution in [2.75, 3.05) is 13.7 Å². The van der Waals surface area contributed by atoms with Crippen LogP contribution in [0.4, 0.5) is 0 Å². The Kier molecular flexibility index (Phi) is 5.03. The third-order valence-corrected chi connectivity index (χ3v) is 4.44. The molecule has 2 aromatic rings. The second-order valence-corrected chi connectivity index (χ2v) is 5.97. The third-order valence-electron chi connectivity index (χ3n) is 4.44. The molecule has 0 saturated carbocycles. The maximum absolute atomic E-state index is 12.1. The molecule has 8 heteroatoms. The van der Waals surface area contributed by atoms with Crippen LogP contribution in [0.25, 0.3) is 0 Å². The first kappa shape index (κ1) is 17.4. The molecule has 0 bridgehead atoms. The number of ether oxygens (including phenoxy) is 2. The summed E-state index contributed by atoms with van der Waals surface area (Å²) in [6.07, 6.45) is -0.779. The summed E-state index contributed by atoms with van der Waals surface area (Å²) in [5.41, 5.74) is -0.206. The van der Waals surface area contributed by atoms with Gasteiger partial charge in [0, 0.05) is 18.2 Å². The Morgan fingerprint density at radius 2 is 1.96 bits per heavy atom. The highest BCUT2D eigenvalue weighted by atomic mass is 16.5. The summed E-state index contributed by atoms with van der Waals surface area (Å²) < 4.78 is 12.0. The number of hydrogen-bond acceptors (Lipinski definition) is 6. The number of methoxy groups -OCH3 is 1. The Balaban J connectivity index is 1.91. The van der Waals surface area contributed by atoms with Crippen molar-refractivity contribution in [1.82, 2.24) is 9.55 Å². The molecule has 1 aliphatic heterocycles. The van der Waals surface area contributed by atoms with Crippen LogP contribution >= 0.6 is 0 Å². The molecule has 3 rings (SSSR count). The third kappa shape index (κ3) is 3.51. The number of rotatable bonds is 5. The molecule has 1 aliphatic rings. The minimum atomic E-state index is -0.948. The molecule has 25 heavy (non-hydrogen) atoms. The molecular weight excluding hydrogens is 328 g/mol. The fraction of sp³-hybridized carbons (Fsp3) is 0.412. The normalized spacial score (nSPS) is 25.9. The molecule has 0 spiro atoms. The fourth-order valence-electron chi connectivity index (χ4n) is 3.11. The van der Waals surface area contributed by atoms with Crippen LogP contribution in [0.5, 0.6) is 5.75 Å². The molecule has 1 saturated heterocycles. The lowest BCUT2D eigenvalue weighted by Crippen LogP contribution is -2.35. The van der Waals surface area contributed by atoms with E-state index in [9.17, 15) is 19.8 Å². The molecule has 0 aliphatic carbocycles. The highest BCUT2D eigenvalue weighted by Gasteiger charge is 2.44. The Morgan fingerprint density at radius 1 is 1.24 bits per heavy atom. The SMILES string of the molecule is COc1ccc(CC2[C@H](n3ccc(=O)[nH]c3=O)O[C@H](CO)[C@H]2O)cc1. The molecular formula is C17H20N2O6. The van der Waals surface area contributed by atoms with Crippen molar-refractivity contribution in [2.45, 2.75) is 24.9 Å². The summed E-state index contributed by atoms with van der Waals surface area (Å²) in [5, 5.41) is 19.9. The minimum Gasteiger partial charge on any atom is -0.497 e. The largest absolute Gasteiger partial charge is 0.497 e. The van der Waals surface area contributed by atoms with E-state index in [-0.39, 0.29) is 6.61 Å². The average molecular weight is 348 g/mol. The zero-order valence-electron chi connectivity index (χ0n) is 13.7. The lowest BCUT2D eigenvalue weighted by Gasteiger charge is -2.22. The van der Waals surface area contributed by atoms with E-state index in [1.807, 2.05) is 24.3 Å². The lowest BCUT2D eigenvalue weighted by atomic mass is 9.92. The number of H-pyrrole nitrogens is 1. The van der Waals surface area contributed by atoms with Gasteiger partial charge < -0.3 is 19.7 Å². The first-order chi connectivity index (χ1) is 12.0. The molecule has 0 amide bonds. The monoisotopic (exact) mass is 348 g/mol.